The van der Waals surface area contributed by atoms with Crippen LogP contribution in [0.1, 0.15) is 84.8 Å². The van der Waals surface area contributed by atoms with Gasteiger partial charge < -0.3 is 0 Å². The van der Waals surface area contributed by atoms with Crippen molar-refractivity contribution in [2.75, 3.05) is 0 Å². The quantitative estimate of drug-likeness (QED) is 0.231. The summed E-state index contributed by atoms with van der Waals surface area (Å²) < 4.78 is 42.3. The highest BCUT2D eigenvalue weighted by atomic mass is 19.4. The second kappa shape index (κ2) is 10.3. The van der Waals surface area contributed by atoms with Crippen molar-refractivity contribution in [3.05, 3.63) is 111 Å². The van der Waals surface area contributed by atoms with Gasteiger partial charge in [0.2, 0.25) is 0 Å². The summed E-state index contributed by atoms with van der Waals surface area (Å²) in [6, 6.07) is 17.2. The number of hydrogen-bond acceptors (Lipinski definition) is 2. The molecule has 0 N–H and O–H groups in total. The van der Waals surface area contributed by atoms with Crippen LogP contribution in [0.2, 0.25) is 0 Å². The van der Waals surface area contributed by atoms with Gasteiger partial charge in [0.05, 0.1) is 28.2 Å². The molecule has 0 bridgehead atoms. The van der Waals surface area contributed by atoms with Crippen LogP contribution in [0.15, 0.2) is 60.7 Å². The van der Waals surface area contributed by atoms with Gasteiger partial charge in [0, 0.05) is 24.2 Å². The van der Waals surface area contributed by atoms with E-state index in [-0.39, 0.29) is 0 Å². The average Bonchev–Trinajstić information content (AvgIpc) is 3.59. The topological polar surface area (TPSA) is 21.1 Å². The number of hydrogen-bond donors (Lipinski definition) is 0. The Hall–Kier alpha value is -3.64. The van der Waals surface area contributed by atoms with E-state index in [0.29, 0.717) is 18.7 Å². The van der Waals surface area contributed by atoms with Crippen molar-refractivity contribution in [2.24, 2.45) is 0 Å². The Bertz CT molecular complexity index is 1700. The smallest absolute Gasteiger partial charge is 0.284 e. The standard InChI is InChI=1S/C36H38F3N3/c1-7-24-11-9-12-25(8-2)32(24)42-33(29-14-10-13-26-16-15-22(3)31(26)29)30-21-41(35(5,6)34(30)40-42)20-27-17-18-28(19-23(27)4)36(37,38)39/h9-15,17-19H,7-8,16,20-21H2,1-6H3. The van der Waals surface area contributed by atoms with Gasteiger partial charge in [-0.3, -0.25) is 4.90 Å². The number of alkyl halides is 3. The fraction of sp³-hybridized carbons (Fsp3) is 0.361. The molecule has 0 radical (unpaired) electrons. The van der Waals surface area contributed by atoms with Gasteiger partial charge in [0.1, 0.15) is 0 Å². The molecule has 42 heavy (non-hydrogen) atoms. The molecular formula is C36H38F3N3. The largest absolute Gasteiger partial charge is 0.416 e. The summed E-state index contributed by atoms with van der Waals surface area (Å²) in [6.07, 6.45) is 0.696. The summed E-state index contributed by atoms with van der Waals surface area (Å²) in [7, 11) is 0. The van der Waals surface area contributed by atoms with Crippen molar-refractivity contribution >= 4 is 5.57 Å². The SMILES string of the molecule is CCc1cccc(CC)c1-n1nc2c(c1-c1cccc3c1C(C)=CC3)CN(Cc1ccc(C(F)(F)F)cc1C)C2(C)C. The molecule has 218 valence electrons. The minimum atomic E-state index is -4.35. The van der Waals surface area contributed by atoms with E-state index >= 15 is 0 Å². The fourth-order valence-electron chi connectivity index (χ4n) is 6.86. The highest BCUT2D eigenvalue weighted by Crippen LogP contribution is 2.47. The maximum Gasteiger partial charge on any atom is 0.416 e. The summed E-state index contributed by atoms with van der Waals surface area (Å²) in [5.74, 6) is 0. The van der Waals surface area contributed by atoms with Crippen LogP contribution in [-0.2, 0) is 44.1 Å². The number of halogens is 3. The van der Waals surface area contributed by atoms with Crippen molar-refractivity contribution in [1.82, 2.24) is 14.7 Å². The van der Waals surface area contributed by atoms with E-state index in [9.17, 15) is 13.2 Å². The lowest BCUT2D eigenvalue weighted by Crippen LogP contribution is -2.36. The molecule has 0 unspecified atom stereocenters. The molecule has 2 heterocycles. The summed E-state index contributed by atoms with van der Waals surface area (Å²) in [5, 5.41) is 5.43. The van der Waals surface area contributed by atoms with Crippen molar-refractivity contribution < 1.29 is 13.2 Å². The second-order valence-corrected chi connectivity index (χ2v) is 12.2. The van der Waals surface area contributed by atoms with Crippen molar-refractivity contribution in [1.29, 1.82) is 0 Å². The minimum Gasteiger partial charge on any atom is -0.284 e. The van der Waals surface area contributed by atoms with Crippen molar-refractivity contribution in [3.63, 3.8) is 0 Å². The molecule has 0 fully saturated rings. The Morgan fingerprint density at radius 3 is 2.24 bits per heavy atom. The van der Waals surface area contributed by atoms with Crippen molar-refractivity contribution in [2.45, 2.75) is 85.6 Å². The number of allylic oxidation sites excluding steroid dienone is 2. The first-order valence-electron chi connectivity index (χ1n) is 14.9. The lowest BCUT2D eigenvalue weighted by molar-refractivity contribution is -0.137. The lowest BCUT2D eigenvalue weighted by Gasteiger charge is -2.32. The van der Waals surface area contributed by atoms with E-state index in [1.54, 1.807) is 13.0 Å². The van der Waals surface area contributed by atoms with Crippen LogP contribution < -0.4 is 0 Å². The van der Waals surface area contributed by atoms with Crippen LogP contribution >= 0.6 is 0 Å². The maximum atomic E-state index is 13.4. The number of fused-ring (bicyclic) bond motifs is 2. The lowest BCUT2D eigenvalue weighted by atomic mass is 9.93. The van der Waals surface area contributed by atoms with Crippen LogP contribution in [0.4, 0.5) is 13.2 Å². The second-order valence-electron chi connectivity index (χ2n) is 12.2. The number of benzene rings is 3. The van der Waals surface area contributed by atoms with Crippen LogP contribution in [0.25, 0.3) is 22.5 Å². The molecule has 3 nitrogen and oxygen atoms in total. The zero-order valence-corrected chi connectivity index (χ0v) is 25.3. The Morgan fingerprint density at radius 2 is 1.60 bits per heavy atom. The predicted molar refractivity (Wildman–Crippen MR) is 164 cm³/mol. The first-order chi connectivity index (χ1) is 20.0. The molecule has 0 saturated heterocycles. The fourth-order valence-corrected chi connectivity index (χ4v) is 6.86. The van der Waals surface area contributed by atoms with Gasteiger partial charge in [-0.2, -0.15) is 18.3 Å². The van der Waals surface area contributed by atoms with Gasteiger partial charge in [0.25, 0.3) is 0 Å². The molecular weight excluding hydrogens is 531 g/mol. The number of para-hydroxylation sites is 1. The number of nitrogens with zero attached hydrogens (tertiary/aromatic N) is 3. The predicted octanol–water partition coefficient (Wildman–Crippen LogP) is 9.20. The van der Waals surface area contributed by atoms with E-state index in [1.807, 2.05) is 0 Å². The molecule has 4 aromatic rings. The van der Waals surface area contributed by atoms with Crippen LogP contribution in [0, 0.1) is 6.92 Å². The van der Waals surface area contributed by atoms with Crippen LogP contribution in [0.5, 0.6) is 0 Å². The number of aromatic nitrogens is 2. The minimum absolute atomic E-state index is 0.416. The van der Waals surface area contributed by atoms with Crippen LogP contribution in [-0.4, -0.2) is 14.7 Å². The number of aryl methyl sites for hydroxylation is 3. The van der Waals surface area contributed by atoms with E-state index in [2.05, 4.69) is 86.7 Å². The summed E-state index contributed by atoms with van der Waals surface area (Å²) in [6.45, 7) is 13.9. The molecule has 1 aliphatic heterocycles. The zero-order chi connectivity index (χ0) is 30.0. The highest BCUT2D eigenvalue weighted by Gasteiger charge is 2.44. The Kier molecular flexibility index (Phi) is 6.96. The Labute approximate surface area is 246 Å². The molecule has 2 aliphatic rings. The first kappa shape index (κ1) is 28.5. The molecule has 0 spiro atoms. The Morgan fingerprint density at radius 1 is 0.905 bits per heavy atom. The van der Waals surface area contributed by atoms with Gasteiger partial charge in [-0.25, -0.2) is 4.68 Å². The number of rotatable bonds is 6. The van der Waals surface area contributed by atoms with E-state index in [1.165, 1.54) is 56.8 Å². The molecule has 0 atom stereocenters. The molecule has 1 aliphatic carbocycles. The zero-order valence-electron chi connectivity index (χ0n) is 25.3. The average molecular weight is 570 g/mol. The normalized spacial score (nSPS) is 16.1. The van der Waals surface area contributed by atoms with E-state index in [0.717, 1.165) is 36.2 Å². The maximum absolute atomic E-state index is 13.4. The van der Waals surface area contributed by atoms with Gasteiger partial charge in [-0.1, -0.05) is 62.4 Å². The summed E-state index contributed by atoms with van der Waals surface area (Å²) in [4.78, 5) is 2.35. The van der Waals surface area contributed by atoms with Crippen molar-refractivity contribution in [3.8, 4) is 16.9 Å². The monoisotopic (exact) mass is 569 g/mol. The molecule has 1 aromatic heterocycles. The molecule has 3 aromatic carbocycles. The van der Waals surface area contributed by atoms with Gasteiger partial charge in [-0.15, -0.1) is 0 Å². The molecule has 6 heteroatoms. The van der Waals surface area contributed by atoms with Crippen LogP contribution in [0.3, 0.4) is 0 Å². The third-order valence-corrected chi connectivity index (χ3v) is 9.34. The summed E-state index contributed by atoms with van der Waals surface area (Å²) in [5.41, 5.74) is 12.7. The first-order valence-corrected chi connectivity index (χ1v) is 14.9. The third-order valence-electron chi connectivity index (χ3n) is 9.34. The van der Waals surface area contributed by atoms with Gasteiger partial charge >= 0.3 is 6.18 Å². The highest BCUT2D eigenvalue weighted by molar-refractivity contribution is 5.86. The Balaban J connectivity index is 1.52. The molecule has 0 saturated carbocycles. The van der Waals surface area contributed by atoms with Gasteiger partial charge in [0.15, 0.2) is 0 Å². The van der Waals surface area contributed by atoms with E-state index < -0.39 is 17.3 Å². The van der Waals surface area contributed by atoms with E-state index in [4.69, 9.17) is 5.10 Å². The third kappa shape index (κ3) is 4.51. The summed E-state index contributed by atoms with van der Waals surface area (Å²) >= 11 is 0. The molecule has 6 rings (SSSR count). The molecule has 0 amide bonds. The van der Waals surface area contributed by atoms with Gasteiger partial charge in [-0.05, 0) is 98.0 Å².